The van der Waals surface area contributed by atoms with Crippen LogP contribution in [0.1, 0.15) is 51.0 Å². The van der Waals surface area contributed by atoms with Crippen LogP contribution in [0.5, 0.6) is 0 Å². The Labute approximate surface area is 182 Å². The molecule has 160 valence electrons. The number of Topliss-reactive ketones (excluding diaryl/α,β-unsaturated/α-hetero) is 1. The number of hydrogen-bond donors (Lipinski definition) is 1. The largest absolute Gasteiger partial charge is 0.325 e. The van der Waals surface area contributed by atoms with Gasteiger partial charge in [-0.15, -0.1) is 0 Å². The fourth-order valence-electron chi connectivity index (χ4n) is 7.30. The first kappa shape index (κ1) is 19.0. The molecule has 0 spiro atoms. The maximum atomic E-state index is 13.5. The van der Waals surface area contributed by atoms with E-state index in [2.05, 4.69) is 5.32 Å². The van der Waals surface area contributed by atoms with Crippen LogP contribution in [0.2, 0.25) is 0 Å². The van der Waals surface area contributed by atoms with Gasteiger partial charge in [0, 0.05) is 5.41 Å². The molecule has 4 saturated carbocycles. The lowest BCUT2D eigenvalue weighted by Crippen LogP contribution is -2.53. The molecule has 1 atom stereocenters. The van der Waals surface area contributed by atoms with Gasteiger partial charge in [-0.3, -0.25) is 14.5 Å². The molecule has 1 unspecified atom stereocenters. The number of rotatable bonds is 4. The van der Waals surface area contributed by atoms with E-state index in [1.165, 1.54) is 19.3 Å². The van der Waals surface area contributed by atoms with Crippen LogP contribution >= 0.6 is 0 Å². The van der Waals surface area contributed by atoms with E-state index >= 15 is 0 Å². The zero-order chi connectivity index (χ0) is 21.4. The minimum absolute atomic E-state index is 0.0952. The molecule has 4 aliphatic carbocycles. The van der Waals surface area contributed by atoms with Crippen LogP contribution in [0.25, 0.3) is 10.8 Å². The van der Waals surface area contributed by atoms with Crippen molar-refractivity contribution in [1.29, 1.82) is 0 Å². The van der Waals surface area contributed by atoms with E-state index in [4.69, 9.17) is 0 Å². The lowest BCUT2D eigenvalue weighted by molar-refractivity contribution is -0.147. The van der Waals surface area contributed by atoms with Crippen LogP contribution in [0, 0.1) is 23.2 Å². The molecule has 2 aromatic carbocycles. The summed E-state index contributed by atoms with van der Waals surface area (Å²) in [5.41, 5.74) is -0.713. The molecule has 5 fully saturated rings. The van der Waals surface area contributed by atoms with Crippen LogP contribution in [-0.2, 0) is 15.1 Å². The Hall–Kier alpha value is -2.69. The maximum absolute atomic E-state index is 13.5. The van der Waals surface area contributed by atoms with E-state index in [-0.39, 0.29) is 23.7 Å². The van der Waals surface area contributed by atoms with Crippen molar-refractivity contribution >= 4 is 28.5 Å². The zero-order valence-electron chi connectivity index (χ0n) is 17.9. The van der Waals surface area contributed by atoms with Crippen LogP contribution < -0.4 is 5.32 Å². The van der Waals surface area contributed by atoms with Crippen molar-refractivity contribution in [1.82, 2.24) is 10.2 Å². The first-order chi connectivity index (χ1) is 14.9. The van der Waals surface area contributed by atoms with Crippen molar-refractivity contribution in [2.24, 2.45) is 23.2 Å². The Kier molecular flexibility index (Phi) is 3.93. The number of amides is 3. The molecular formula is C26H28N2O3. The van der Waals surface area contributed by atoms with Gasteiger partial charge in [0.15, 0.2) is 5.78 Å². The molecule has 0 radical (unpaired) electrons. The van der Waals surface area contributed by atoms with Crippen LogP contribution in [0.15, 0.2) is 42.5 Å². The van der Waals surface area contributed by atoms with Crippen LogP contribution in [-0.4, -0.2) is 29.2 Å². The summed E-state index contributed by atoms with van der Waals surface area (Å²) in [6.07, 6.45) is 6.62. The molecule has 3 amide bonds. The lowest BCUT2D eigenvalue weighted by atomic mass is 9.48. The average molecular weight is 417 g/mol. The topological polar surface area (TPSA) is 66.5 Å². The van der Waals surface area contributed by atoms with E-state index in [1.54, 1.807) is 6.92 Å². The molecule has 1 aliphatic heterocycles. The number of ketones is 1. The predicted octanol–water partition coefficient (Wildman–Crippen LogP) is 4.39. The second-order valence-electron chi connectivity index (χ2n) is 10.6. The third-order valence-corrected chi connectivity index (χ3v) is 8.53. The standard InChI is InChI=1S/C26H28N2O3/c1-25(21-7-6-19-4-2-3-5-20(19)11-21)23(30)28(24(31)27-25)15-22(29)26-12-16-8-17(13-26)10-18(9-16)14-26/h2-7,11,16-18H,8-10,12-15H2,1H3,(H,27,31). The molecule has 5 nitrogen and oxygen atoms in total. The fraction of sp³-hybridized carbons (Fsp3) is 0.500. The Bertz CT molecular complexity index is 1090. The van der Waals surface area contributed by atoms with E-state index in [0.29, 0.717) is 17.8 Å². The van der Waals surface area contributed by atoms with Crippen molar-refractivity contribution in [3.8, 4) is 0 Å². The minimum Gasteiger partial charge on any atom is -0.319 e. The van der Waals surface area contributed by atoms with Crippen molar-refractivity contribution < 1.29 is 14.4 Å². The van der Waals surface area contributed by atoms with Gasteiger partial charge < -0.3 is 5.32 Å². The molecular weight excluding hydrogens is 388 g/mol. The van der Waals surface area contributed by atoms with Crippen molar-refractivity contribution in [2.75, 3.05) is 6.54 Å². The second-order valence-corrected chi connectivity index (χ2v) is 10.6. The number of hydrogen-bond acceptors (Lipinski definition) is 3. The summed E-state index contributed by atoms with van der Waals surface area (Å²) < 4.78 is 0. The number of benzene rings is 2. The van der Waals surface area contributed by atoms with Crippen molar-refractivity contribution in [2.45, 2.75) is 51.0 Å². The van der Waals surface area contributed by atoms with Gasteiger partial charge in [-0.25, -0.2) is 4.79 Å². The van der Waals surface area contributed by atoms with Gasteiger partial charge in [0.1, 0.15) is 5.54 Å². The Morgan fingerprint density at radius 1 is 0.968 bits per heavy atom. The summed E-state index contributed by atoms with van der Waals surface area (Å²) >= 11 is 0. The highest BCUT2D eigenvalue weighted by molar-refractivity contribution is 6.10. The molecule has 1 N–H and O–H groups in total. The molecule has 4 bridgehead atoms. The summed E-state index contributed by atoms with van der Waals surface area (Å²) in [7, 11) is 0. The molecule has 1 saturated heterocycles. The predicted molar refractivity (Wildman–Crippen MR) is 117 cm³/mol. The number of urea groups is 1. The molecule has 0 aromatic heterocycles. The van der Waals surface area contributed by atoms with E-state index < -0.39 is 11.6 Å². The number of nitrogens with zero attached hydrogens (tertiary/aromatic N) is 1. The molecule has 2 aromatic rings. The normalized spacial score (nSPS) is 36.3. The third-order valence-electron chi connectivity index (χ3n) is 8.53. The van der Waals surface area contributed by atoms with E-state index in [0.717, 1.165) is 40.5 Å². The molecule has 5 heteroatoms. The first-order valence-electron chi connectivity index (χ1n) is 11.5. The number of imide groups is 1. The van der Waals surface area contributed by atoms with E-state index in [9.17, 15) is 14.4 Å². The van der Waals surface area contributed by atoms with Gasteiger partial charge in [-0.2, -0.15) is 0 Å². The highest BCUT2D eigenvalue weighted by Gasteiger charge is 2.56. The van der Waals surface area contributed by atoms with Gasteiger partial charge in [0.25, 0.3) is 5.91 Å². The zero-order valence-corrected chi connectivity index (χ0v) is 17.9. The molecule has 7 rings (SSSR count). The van der Waals surface area contributed by atoms with Gasteiger partial charge in [0.05, 0.1) is 6.54 Å². The van der Waals surface area contributed by atoms with Crippen molar-refractivity contribution in [3.05, 3.63) is 48.0 Å². The summed E-state index contributed by atoms with van der Waals surface area (Å²) in [4.78, 5) is 40.9. The molecule has 31 heavy (non-hydrogen) atoms. The smallest absolute Gasteiger partial charge is 0.319 e. The van der Waals surface area contributed by atoms with Crippen molar-refractivity contribution in [3.63, 3.8) is 0 Å². The fourth-order valence-corrected chi connectivity index (χ4v) is 7.30. The van der Waals surface area contributed by atoms with Gasteiger partial charge >= 0.3 is 6.03 Å². The molecule has 1 heterocycles. The Morgan fingerprint density at radius 3 is 2.23 bits per heavy atom. The monoisotopic (exact) mass is 416 g/mol. The number of carbonyl (C=O) groups is 3. The average Bonchev–Trinajstić information content (AvgIpc) is 2.96. The summed E-state index contributed by atoms with van der Waals surface area (Å²) in [5, 5.41) is 4.98. The van der Waals surface area contributed by atoms with Gasteiger partial charge in [-0.05, 0) is 85.6 Å². The third kappa shape index (κ3) is 2.78. The highest BCUT2D eigenvalue weighted by Crippen LogP contribution is 2.60. The number of carbonyl (C=O) groups excluding carboxylic acids is 3. The Morgan fingerprint density at radius 2 is 1.58 bits per heavy atom. The summed E-state index contributed by atoms with van der Waals surface area (Å²) in [5.74, 6) is 1.73. The van der Waals surface area contributed by atoms with E-state index in [1.807, 2.05) is 42.5 Å². The van der Waals surface area contributed by atoms with Crippen LogP contribution in [0.3, 0.4) is 0 Å². The summed E-state index contributed by atoms with van der Waals surface area (Å²) in [6.45, 7) is 1.65. The highest BCUT2D eigenvalue weighted by atomic mass is 16.2. The Balaban J connectivity index is 1.26. The number of fused-ring (bicyclic) bond motifs is 1. The number of nitrogens with one attached hydrogen (secondary N) is 1. The summed E-state index contributed by atoms with van der Waals surface area (Å²) in [6, 6.07) is 13.3. The first-order valence-corrected chi connectivity index (χ1v) is 11.5. The second kappa shape index (κ2) is 6.41. The minimum atomic E-state index is -1.15. The van der Waals surface area contributed by atoms with Gasteiger partial charge in [-0.1, -0.05) is 36.4 Å². The lowest BCUT2D eigenvalue weighted by Gasteiger charge is -2.56. The quantitative estimate of drug-likeness (QED) is 0.752. The SMILES string of the molecule is CC1(c2ccc3ccccc3c2)NC(=O)N(CC(=O)C23CC4CC(CC(C4)C2)C3)C1=O. The maximum Gasteiger partial charge on any atom is 0.325 e. The van der Waals surface area contributed by atoms with Gasteiger partial charge in [0.2, 0.25) is 0 Å². The molecule has 5 aliphatic rings. The van der Waals surface area contributed by atoms with Crippen LogP contribution in [0.4, 0.5) is 4.79 Å².